The number of benzene rings is 5. The van der Waals surface area contributed by atoms with Gasteiger partial charge in [0, 0.05) is 45.7 Å². The number of aromatic nitrogens is 5. The van der Waals surface area contributed by atoms with Gasteiger partial charge in [-0.2, -0.15) is 9.13 Å². The molecule has 0 saturated heterocycles. The summed E-state index contributed by atoms with van der Waals surface area (Å²) in [5.41, 5.74) is 14.6. The lowest BCUT2D eigenvalue weighted by molar-refractivity contribution is -0.995. The maximum Gasteiger partial charge on any atom is 0.394 e. The molecule has 0 fully saturated rings. The summed E-state index contributed by atoms with van der Waals surface area (Å²) in [6.07, 6.45) is 6.77. The molecule has 1 unspecified atom stereocenters. The minimum absolute atomic E-state index is 0.134. The SMILES string of the molecule is Cc1c(B2C=CN(c3ccccc3)C=C2)c(C)[n+]2n1-c1ccc3c4ccccc4n4c3c1C21c2c-4ccc3c4ccccc4n(c23)-c2cccc[n+]21. The van der Waals surface area contributed by atoms with E-state index in [1.54, 1.807) is 0 Å². The summed E-state index contributed by atoms with van der Waals surface area (Å²) in [7, 11) is 0. The van der Waals surface area contributed by atoms with Crippen molar-refractivity contribution in [3.63, 3.8) is 0 Å². The fourth-order valence-electron chi connectivity index (χ4n) is 10.6. The second-order valence-electron chi connectivity index (χ2n) is 14.7. The summed E-state index contributed by atoms with van der Waals surface area (Å²) < 4.78 is 12.9. The number of fused-ring (bicyclic) bond motifs is 11. The van der Waals surface area contributed by atoms with Crippen LogP contribution in [0.4, 0.5) is 5.69 Å². The average Bonchev–Trinajstić information content (AvgIpc) is 3.89. The van der Waals surface area contributed by atoms with Crippen molar-refractivity contribution in [1.82, 2.24) is 13.8 Å². The number of hydrogen-bond acceptors (Lipinski definition) is 1. The van der Waals surface area contributed by atoms with Crippen molar-refractivity contribution in [2.45, 2.75) is 19.5 Å². The molecular formula is C45H31BN6+2. The zero-order valence-corrected chi connectivity index (χ0v) is 28.7. The van der Waals surface area contributed by atoms with Gasteiger partial charge in [-0.3, -0.25) is 0 Å². The molecule has 1 atom stereocenters. The second kappa shape index (κ2) is 9.00. The van der Waals surface area contributed by atoms with Crippen LogP contribution in [0.2, 0.25) is 0 Å². The largest absolute Gasteiger partial charge is 0.394 e. The standard InChI is InChI=1S/C45H31BN6/c1-28-42(46-23-26-47(27-24-46)30-12-4-3-5-13-30)29(2)52-45-40-37(49-35-16-8-6-14-31(35)33-20-22-38(51(28)52)41(45)43(33)49)21-19-34-32-15-7-9-17-36(32)50(44(34)40)39-18-10-11-25-48(39)45/h3-27H,1-2H3/q+2. The van der Waals surface area contributed by atoms with Crippen molar-refractivity contribution >= 4 is 61.5 Å². The van der Waals surface area contributed by atoms with E-state index in [1.165, 1.54) is 88.8 Å². The van der Waals surface area contributed by atoms with E-state index in [4.69, 9.17) is 0 Å². The molecule has 6 nitrogen and oxygen atoms in total. The predicted octanol–water partition coefficient (Wildman–Crippen LogP) is 7.43. The Morgan fingerprint density at radius 1 is 0.577 bits per heavy atom. The number of hydrogen-bond donors (Lipinski definition) is 0. The van der Waals surface area contributed by atoms with Gasteiger partial charge >= 0.3 is 5.66 Å². The molecule has 9 aromatic rings. The number of para-hydroxylation sites is 3. The van der Waals surface area contributed by atoms with Crippen molar-refractivity contribution in [2.75, 3.05) is 4.90 Å². The molecule has 7 heteroatoms. The van der Waals surface area contributed by atoms with Crippen LogP contribution >= 0.6 is 0 Å². The van der Waals surface area contributed by atoms with Crippen molar-refractivity contribution in [2.24, 2.45) is 0 Å². The van der Waals surface area contributed by atoms with Crippen LogP contribution in [-0.2, 0) is 5.66 Å². The van der Waals surface area contributed by atoms with Gasteiger partial charge in [0.2, 0.25) is 12.4 Å². The Kier molecular flexibility index (Phi) is 4.70. The van der Waals surface area contributed by atoms with Gasteiger partial charge < -0.3 is 9.47 Å². The minimum atomic E-state index is -0.666. The topological polar surface area (TPSA) is 25.8 Å². The van der Waals surface area contributed by atoms with Crippen LogP contribution in [0.3, 0.4) is 0 Å². The number of pyridine rings is 1. The fraction of sp³-hybridized carbons (Fsp3) is 0.0667. The van der Waals surface area contributed by atoms with Crippen LogP contribution in [0, 0.1) is 13.8 Å². The van der Waals surface area contributed by atoms with Crippen LogP contribution < -0.4 is 19.6 Å². The van der Waals surface area contributed by atoms with E-state index < -0.39 is 5.66 Å². The highest BCUT2D eigenvalue weighted by Crippen LogP contribution is 2.54. The molecule has 13 rings (SSSR count). The first-order valence-electron chi connectivity index (χ1n) is 18.2. The summed E-state index contributed by atoms with van der Waals surface area (Å²) in [6, 6.07) is 44.6. The molecule has 0 radical (unpaired) electrons. The molecule has 0 bridgehead atoms. The smallest absolute Gasteiger partial charge is 0.326 e. The van der Waals surface area contributed by atoms with Crippen molar-refractivity contribution < 1.29 is 9.25 Å². The highest BCUT2D eigenvalue weighted by Gasteiger charge is 2.69. The van der Waals surface area contributed by atoms with E-state index in [-0.39, 0.29) is 6.71 Å². The van der Waals surface area contributed by atoms with E-state index in [1.807, 2.05) is 0 Å². The zero-order valence-electron chi connectivity index (χ0n) is 28.7. The maximum absolute atomic E-state index is 2.65. The average molecular weight is 667 g/mol. The highest BCUT2D eigenvalue weighted by atomic mass is 15.5. The number of nitrogens with zero attached hydrogens (tertiary/aromatic N) is 6. The molecule has 5 aromatic carbocycles. The lowest BCUT2D eigenvalue weighted by Gasteiger charge is -2.33. The minimum Gasteiger partial charge on any atom is -0.326 e. The lowest BCUT2D eigenvalue weighted by atomic mass is 9.44. The van der Waals surface area contributed by atoms with Crippen molar-refractivity contribution in [1.29, 1.82) is 0 Å². The van der Waals surface area contributed by atoms with Gasteiger partial charge in [0.1, 0.15) is 22.3 Å². The molecule has 242 valence electrons. The Morgan fingerprint density at radius 3 is 1.94 bits per heavy atom. The highest BCUT2D eigenvalue weighted by molar-refractivity contribution is 6.83. The fourth-order valence-corrected chi connectivity index (χ4v) is 10.6. The van der Waals surface area contributed by atoms with Crippen LogP contribution in [0.15, 0.2) is 152 Å². The normalized spacial score (nSPS) is 17.3. The van der Waals surface area contributed by atoms with E-state index in [0.29, 0.717) is 0 Å². The third-order valence-corrected chi connectivity index (χ3v) is 12.4. The van der Waals surface area contributed by atoms with Gasteiger partial charge in [0.05, 0.1) is 28.6 Å². The molecule has 0 N–H and O–H groups in total. The Balaban J connectivity index is 1.21. The molecule has 4 aliphatic heterocycles. The first-order valence-corrected chi connectivity index (χ1v) is 18.2. The third kappa shape index (κ3) is 2.82. The summed E-state index contributed by atoms with van der Waals surface area (Å²) >= 11 is 0. The molecule has 1 spiro atoms. The van der Waals surface area contributed by atoms with Crippen molar-refractivity contribution in [3.8, 4) is 17.2 Å². The Hall–Kier alpha value is -6.60. The first-order chi connectivity index (χ1) is 25.7. The first kappa shape index (κ1) is 27.2. The quantitative estimate of drug-likeness (QED) is 0.139. The Bertz CT molecular complexity index is 3160. The molecule has 0 amide bonds. The van der Waals surface area contributed by atoms with E-state index in [2.05, 4.69) is 194 Å². The molecule has 8 heterocycles. The van der Waals surface area contributed by atoms with Gasteiger partial charge in [-0.05, 0) is 80.0 Å². The zero-order chi connectivity index (χ0) is 34.0. The van der Waals surface area contributed by atoms with Crippen molar-refractivity contribution in [3.05, 3.63) is 174 Å². The van der Waals surface area contributed by atoms with Gasteiger partial charge in [-0.1, -0.05) is 71.2 Å². The Labute approximate surface area is 299 Å². The predicted molar refractivity (Wildman–Crippen MR) is 208 cm³/mol. The van der Waals surface area contributed by atoms with Gasteiger partial charge in [-0.15, -0.1) is 4.68 Å². The number of anilines is 1. The summed E-state index contributed by atoms with van der Waals surface area (Å²) in [6.45, 7) is 4.80. The Morgan fingerprint density at radius 2 is 1.19 bits per heavy atom. The maximum atomic E-state index is 2.65. The lowest BCUT2D eigenvalue weighted by Crippen LogP contribution is -2.78. The van der Waals surface area contributed by atoms with Crippen LogP contribution in [0.1, 0.15) is 22.5 Å². The molecule has 52 heavy (non-hydrogen) atoms. The van der Waals surface area contributed by atoms with Crippen LogP contribution in [-0.4, -0.2) is 20.5 Å². The molecule has 4 aromatic heterocycles. The molecule has 4 aliphatic rings. The molecular weight excluding hydrogens is 635 g/mol. The summed E-state index contributed by atoms with van der Waals surface area (Å²) in [5, 5.41) is 5.15. The van der Waals surface area contributed by atoms with E-state index in [0.717, 1.165) is 5.69 Å². The van der Waals surface area contributed by atoms with Gasteiger partial charge in [0.15, 0.2) is 5.52 Å². The summed E-state index contributed by atoms with van der Waals surface area (Å²) in [5.74, 6) is 5.87. The van der Waals surface area contributed by atoms with Crippen LogP contribution in [0.5, 0.6) is 0 Å². The number of rotatable bonds is 2. The summed E-state index contributed by atoms with van der Waals surface area (Å²) in [4.78, 5) is 2.21. The molecule has 0 aliphatic carbocycles. The monoisotopic (exact) mass is 666 g/mol. The van der Waals surface area contributed by atoms with E-state index >= 15 is 0 Å². The third-order valence-electron chi connectivity index (χ3n) is 12.4. The molecule has 0 saturated carbocycles. The van der Waals surface area contributed by atoms with Crippen LogP contribution in [0.25, 0.3) is 60.8 Å². The van der Waals surface area contributed by atoms with Gasteiger partial charge in [-0.25, -0.2) is 0 Å². The van der Waals surface area contributed by atoms with Gasteiger partial charge in [0.25, 0.3) is 5.82 Å². The second-order valence-corrected chi connectivity index (χ2v) is 14.7. The van der Waals surface area contributed by atoms with E-state index in [9.17, 15) is 0 Å².